The summed E-state index contributed by atoms with van der Waals surface area (Å²) in [6.45, 7) is 1.81. The van der Waals surface area contributed by atoms with Crippen LogP contribution in [0.1, 0.15) is 5.69 Å². The Labute approximate surface area is 109 Å². The molecule has 0 saturated heterocycles. The molecule has 1 aromatic heterocycles. The van der Waals surface area contributed by atoms with Gasteiger partial charge in [-0.25, -0.2) is 4.98 Å². The Balaban J connectivity index is 2.28. The maximum Gasteiger partial charge on any atom is 0.219 e. The van der Waals surface area contributed by atoms with Crippen LogP contribution in [0, 0.1) is 6.92 Å². The molecule has 1 aromatic carbocycles. The Morgan fingerprint density at radius 2 is 1.76 bits per heavy atom. The van der Waals surface area contributed by atoms with E-state index in [1.54, 1.807) is 30.3 Å². The zero-order valence-corrected chi connectivity index (χ0v) is 10.6. The second-order valence-corrected chi connectivity index (χ2v) is 4.40. The minimum atomic E-state index is 0.454. The van der Waals surface area contributed by atoms with E-state index in [9.17, 15) is 0 Å². The van der Waals surface area contributed by atoms with Gasteiger partial charge in [-0.1, -0.05) is 23.2 Å². The first-order chi connectivity index (χ1) is 8.04. The minimum absolute atomic E-state index is 0.454. The summed E-state index contributed by atoms with van der Waals surface area (Å²) in [7, 11) is 0. The molecule has 0 atom stereocenters. The molecule has 0 radical (unpaired) electrons. The van der Waals surface area contributed by atoms with Gasteiger partial charge in [0.05, 0.1) is 11.4 Å². The minimum Gasteiger partial charge on any atom is -0.439 e. The summed E-state index contributed by atoms with van der Waals surface area (Å²) < 4.78 is 5.54. The van der Waals surface area contributed by atoms with Gasteiger partial charge in [-0.3, -0.25) is 0 Å². The van der Waals surface area contributed by atoms with Crippen LogP contribution in [0.4, 0.5) is 5.69 Å². The maximum atomic E-state index is 5.87. The first-order valence-electron chi connectivity index (χ1n) is 4.91. The molecule has 1 heterocycles. The number of nitrogens with two attached hydrogens (primary N) is 1. The van der Waals surface area contributed by atoms with E-state index in [1.165, 1.54) is 0 Å². The first-order valence-corrected chi connectivity index (χ1v) is 5.67. The number of pyridine rings is 1. The second-order valence-electron chi connectivity index (χ2n) is 3.53. The molecule has 0 aliphatic carbocycles. The van der Waals surface area contributed by atoms with Crippen LogP contribution in [0.3, 0.4) is 0 Å². The molecule has 0 spiro atoms. The van der Waals surface area contributed by atoms with E-state index in [-0.39, 0.29) is 0 Å². The molecule has 0 aliphatic heterocycles. The average Bonchev–Trinajstić information content (AvgIpc) is 2.22. The van der Waals surface area contributed by atoms with Crippen molar-refractivity contribution in [2.75, 3.05) is 5.73 Å². The summed E-state index contributed by atoms with van der Waals surface area (Å²) in [6.07, 6.45) is 0. The van der Waals surface area contributed by atoms with Crippen LogP contribution >= 0.6 is 23.2 Å². The Bertz CT molecular complexity index is 538. The molecule has 0 bridgehead atoms. The molecule has 0 unspecified atom stereocenters. The van der Waals surface area contributed by atoms with Crippen molar-refractivity contribution in [1.29, 1.82) is 0 Å². The van der Waals surface area contributed by atoms with E-state index in [4.69, 9.17) is 33.7 Å². The van der Waals surface area contributed by atoms with E-state index < -0.39 is 0 Å². The number of ether oxygens (including phenoxy) is 1. The fourth-order valence-corrected chi connectivity index (χ4v) is 1.82. The molecule has 2 N–H and O–H groups in total. The van der Waals surface area contributed by atoms with Gasteiger partial charge < -0.3 is 10.5 Å². The normalized spacial score (nSPS) is 10.3. The average molecular weight is 269 g/mol. The third kappa shape index (κ3) is 3.02. The fraction of sp³-hybridized carbons (Fsp3) is 0.0833. The Hall–Kier alpha value is -1.45. The third-order valence-electron chi connectivity index (χ3n) is 2.16. The highest BCUT2D eigenvalue weighted by Gasteiger charge is 2.03. The van der Waals surface area contributed by atoms with Crippen molar-refractivity contribution in [2.24, 2.45) is 0 Å². The lowest BCUT2D eigenvalue weighted by Gasteiger charge is -2.07. The number of halogens is 2. The van der Waals surface area contributed by atoms with E-state index >= 15 is 0 Å². The molecule has 3 nitrogen and oxygen atoms in total. The number of rotatable bonds is 2. The van der Waals surface area contributed by atoms with Crippen LogP contribution in [0.5, 0.6) is 11.6 Å². The molecule has 88 valence electrons. The maximum absolute atomic E-state index is 5.87. The van der Waals surface area contributed by atoms with Crippen molar-refractivity contribution in [3.63, 3.8) is 0 Å². The van der Waals surface area contributed by atoms with E-state index in [2.05, 4.69) is 4.98 Å². The summed E-state index contributed by atoms with van der Waals surface area (Å²) in [5.41, 5.74) is 7.01. The van der Waals surface area contributed by atoms with Crippen LogP contribution < -0.4 is 10.5 Å². The molecule has 5 heteroatoms. The number of hydrogen-bond donors (Lipinski definition) is 1. The summed E-state index contributed by atoms with van der Waals surface area (Å²) in [5, 5.41) is 1.03. The predicted molar refractivity (Wildman–Crippen MR) is 69.9 cm³/mol. The number of aromatic nitrogens is 1. The summed E-state index contributed by atoms with van der Waals surface area (Å²) >= 11 is 11.7. The molecule has 0 fully saturated rings. The highest BCUT2D eigenvalue weighted by molar-refractivity contribution is 6.34. The molecular weight excluding hydrogens is 259 g/mol. The van der Waals surface area contributed by atoms with E-state index in [0.29, 0.717) is 27.4 Å². The molecule has 17 heavy (non-hydrogen) atoms. The van der Waals surface area contributed by atoms with Gasteiger partial charge in [0.1, 0.15) is 5.75 Å². The van der Waals surface area contributed by atoms with Gasteiger partial charge in [-0.15, -0.1) is 0 Å². The summed E-state index contributed by atoms with van der Waals surface area (Å²) in [5.74, 6) is 0.995. The van der Waals surface area contributed by atoms with E-state index in [0.717, 1.165) is 5.69 Å². The Morgan fingerprint density at radius 1 is 1.12 bits per heavy atom. The summed E-state index contributed by atoms with van der Waals surface area (Å²) in [4.78, 5) is 4.19. The molecule has 0 amide bonds. The van der Waals surface area contributed by atoms with Crippen molar-refractivity contribution in [2.45, 2.75) is 6.92 Å². The zero-order valence-electron chi connectivity index (χ0n) is 9.08. The third-order valence-corrected chi connectivity index (χ3v) is 2.60. The standard InChI is InChI=1S/C12H10Cl2N2O/c1-7-11(15)2-3-12(16-7)17-10-5-8(13)4-9(14)6-10/h2-6H,15H2,1H3. The van der Waals surface area contributed by atoms with E-state index in [1.807, 2.05) is 6.92 Å². The van der Waals surface area contributed by atoms with Gasteiger partial charge in [-0.05, 0) is 31.2 Å². The Kier molecular flexibility index (Phi) is 3.41. The van der Waals surface area contributed by atoms with Crippen molar-refractivity contribution >= 4 is 28.9 Å². The van der Waals surface area contributed by atoms with Gasteiger partial charge in [0.25, 0.3) is 0 Å². The predicted octanol–water partition coefficient (Wildman–Crippen LogP) is 4.07. The number of hydrogen-bond acceptors (Lipinski definition) is 3. The smallest absolute Gasteiger partial charge is 0.219 e. The lowest BCUT2D eigenvalue weighted by atomic mass is 10.3. The van der Waals surface area contributed by atoms with Gasteiger partial charge in [0.15, 0.2) is 0 Å². The van der Waals surface area contributed by atoms with Gasteiger partial charge >= 0.3 is 0 Å². The molecular formula is C12H10Cl2N2O. The van der Waals surface area contributed by atoms with Crippen molar-refractivity contribution in [3.05, 3.63) is 46.1 Å². The number of nitrogens with zero attached hydrogens (tertiary/aromatic N) is 1. The zero-order chi connectivity index (χ0) is 12.4. The fourth-order valence-electron chi connectivity index (χ4n) is 1.31. The Morgan fingerprint density at radius 3 is 2.35 bits per heavy atom. The molecule has 0 saturated carbocycles. The van der Waals surface area contributed by atoms with Crippen molar-refractivity contribution < 1.29 is 4.74 Å². The van der Waals surface area contributed by atoms with Gasteiger partial charge in [0, 0.05) is 16.1 Å². The topological polar surface area (TPSA) is 48.1 Å². The number of benzene rings is 1. The molecule has 0 aliphatic rings. The van der Waals surface area contributed by atoms with Crippen LogP contribution in [0.25, 0.3) is 0 Å². The molecule has 2 rings (SSSR count). The highest BCUT2D eigenvalue weighted by atomic mass is 35.5. The van der Waals surface area contributed by atoms with Crippen molar-refractivity contribution in [3.8, 4) is 11.6 Å². The SMILES string of the molecule is Cc1nc(Oc2cc(Cl)cc(Cl)c2)ccc1N. The van der Waals surface area contributed by atoms with Crippen LogP contribution in [-0.2, 0) is 0 Å². The lowest BCUT2D eigenvalue weighted by Crippen LogP contribution is -1.95. The first kappa shape index (κ1) is 12.0. The highest BCUT2D eigenvalue weighted by Crippen LogP contribution is 2.28. The number of aryl methyl sites for hydroxylation is 1. The largest absolute Gasteiger partial charge is 0.439 e. The van der Waals surface area contributed by atoms with Gasteiger partial charge in [-0.2, -0.15) is 0 Å². The van der Waals surface area contributed by atoms with Crippen LogP contribution in [-0.4, -0.2) is 4.98 Å². The van der Waals surface area contributed by atoms with Crippen molar-refractivity contribution in [1.82, 2.24) is 4.98 Å². The van der Waals surface area contributed by atoms with Crippen LogP contribution in [0.2, 0.25) is 10.0 Å². The monoisotopic (exact) mass is 268 g/mol. The van der Waals surface area contributed by atoms with Gasteiger partial charge in [0.2, 0.25) is 5.88 Å². The summed E-state index contributed by atoms with van der Waals surface area (Å²) in [6, 6.07) is 8.40. The quantitative estimate of drug-likeness (QED) is 0.893. The number of anilines is 1. The number of nitrogen functional groups attached to an aromatic ring is 1. The lowest BCUT2D eigenvalue weighted by molar-refractivity contribution is 0.462. The van der Waals surface area contributed by atoms with Crippen LogP contribution in [0.15, 0.2) is 30.3 Å². The second kappa shape index (κ2) is 4.82. The molecule has 2 aromatic rings.